The van der Waals surface area contributed by atoms with Crippen LogP contribution >= 0.6 is 0 Å². The largest absolute Gasteiger partial charge is 0.474 e. The van der Waals surface area contributed by atoms with Crippen LogP contribution in [0, 0.1) is 0 Å². The molecule has 1 fully saturated rings. The third-order valence-corrected chi connectivity index (χ3v) is 4.40. The first-order chi connectivity index (χ1) is 12.3. The maximum atomic E-state index is 9.28. The van der Waals surface area contributed by atoms with E-state index in [1.165, 1.54) is 0 Å². The molecule has 1 aliphatic rings. The van der Waals surface area contributed by atoms with E-state index in [2.05, 4.69) is 21.4 Å². The number of piperazine rings is 1. The van der Waals surface area contributed by atoms with E-state index < -0.39 is 0 Å². The lowest BCUT2D eigenvalue weighted by Crippen LogP contribution is -2.47. The lowest BCUT2D eigenvalue weighted by molar-refractivity contribution is -0.00969. The Bertz CT molecular complexity index is 568. The summed E-state index contributed by atoms with van der Waals surface area (Å²) in [5.41, 5.74) is 2.16. The Hall–Kier alpha value is -1.63. The van der Waals surface area contributed by atoms with Gasteiger partial charge in [-0.05, 0) is 64.4 Å². The SMILES string of the molecule is C=C(OC(C)(C)C)N1CCN(CCCc2cc(CO)nc(CO)c2)CC1. The van der Waals surface area contributed by atoms with Gasteiger partial charge in [-0.1, -0.05) is 0 Å². The van der Waals surface area contributed by atoms with Gasteiger partial charge in [-0.25, -0.2) is 0 Å². The molecule has 0 aromatic carbocycles. The maximum absolute atomic E-state index is 9.28. The lowest BCUT2D eigenvalue weighted by atomic mass is 10.1. The fourth-order valence-corrected chi connectivity index (χ4v) is 3.17. The van der Waals surface area contributed by atoms with E-state index in [1.54, 1.807) is 0 Å². The number of pyridine rings is 1. The Morgan fingerprint density at radius 1 is 1.12 bits per heavy atom. The summed E-state index contributed by atoms with van der Waals surface area (Å²) in [5, 5.41) is 18.6. The van der Waals surface area contributed by atoms with Crippen molar-refractivity contribution in [3.05, 3.63) is 41.5 Å². The molecule has 146 valence electrons. The van der Waals surface area contributed by atoms with Crippen molar-refractivity contribution in [3.63, 3.8) is 0 Å². The van der Waals surface area contributed by atoms with Gasteiger partial charge in [0.25, 0.3) is 0 Å². The number of hydrogen-bond acceptors (Lipinski definition) is 6. The van der Waals surface area contributed by atoms with Crippen LogP contribution in [0.25, 0.3) is 0 Å². The summed E-state index contributed by atoms with van der Waals surface area (Å²) in [6, 6.07) is 3.84. The average molecular weight is 364 g/mol. The Kier molecular flexibility index (Phi) is 7.43. The molecule has 0 radical (unpaired) electrons. The zero-order valence-corrected chi connectivity index (χ0v) is 16.4. The number of aromatic nitrogens is 1. The number of rotatable bonds is 8. The second-order valence-corrected chi connectivity index (χ2v) is 7.81. The van der Waals surface area contributed by atoms with Crippen molar-refractivity contribution in [2.45, 2.75) is 52.4 Å². The van der Waals surface area contributed by atoms with E-state index in [0.29, 0.717) is 11.4 Å². The van der Waals surface area contributed by atoms with Gasteiger partial charge in [0.2, 0.25) is 0 Å². The molecule has 0 atom stereocenters. The maximum Gasteiger partial charge on any atom is 0.182 e. The number of aryl methyl sites for hydroxylation is 1. The molecule has 2 heterocycles. The lowest BCUT2D eigenvalue weighted by Gasteiger charge is -2.38. The predicted molar refractivity (Wildman–Crippen MR) is 102 cm³/mol. The van der Waals surface area contributed by atoms with Crippen LogP contribution in [0.5, 0.6) is 0 Å². The zero-order valence-electron chi connectivity index (χ0n) is 16.4. The van der Waals surface area contributed by atoms with Crippen LogP contribution in [0.1, 0.15) is 44.1 Å². The molecular formula is C20H33N3O3. The van der Waals surface area contributed by atoms with Gasteiger partial charge < -0.3 is 19.8 Å². The van der Waals surface area contributed by atoms with Crippen molar-refractivity contribution in [1.82, 2.24) is 14.8 Å². The summed E-state index contributed by atoms with van der Waals surface area (Å²) >= 11 is 0. The van der Waals surface area contributed by atoms with Gasteiger partial charge >= 0.3 is 0 Å². The highest BCUT2D eigenvalue weighted by molar-refractivity contribution is 5.21. The smallest absolute Gasteiger partial charge is 0.182 e. The minimum absolute atomic E-state index is 0.0939. The van der Waals surface area contributed by atoms with Gasteiger partial charge in [0.05, 0.1) is 24.6 Å². The van der Waals surface area contributed by atoms with Crippen LogP contribution in [0.15, 0.2) is 24.6 Å². The van der Waals surface area contributed by atoms with Crippen molar-refractivity contribution in [2.75, 3.05) is 32.7 Å². The molecule has 1 aliphatic heterocycles. The summed E-state index contributed by atoms with van der Waals surface area (Å²) in [4.78, 5) is 8.86. The minimum Gasteiger partial charge on any atom is -0.474 e. The zero-order chi connectivity index (χ0) is 19.2. The first-order valence-corrected chi connectivity index (χ1v) is 9.36. The third-order valence-electron chi connectivity index (χ3n) is 4.40. The normalized spacial score (nSPS) is 16.0. The molecule has 26 heavy (non-hydrogen) atoms. The molecule has 1 saturated heterocycles. The Morgan fingerprint density at radius 2 is 1.69 bits per heavy atom. The van der Waals surface area contributed by atoms with Crippen LogP contribution in [-0.4, -0.2) is 63.3 Å². The molecule has 0 aliphatic carbocycles. The molecule has 6 heteroatoms. The number of aliphatic hydroxyl groups is 2. The van der Waals surface area contributed by atoms with Crippen LogP contribution in [-0.2, 0) is 24.4 Å². The molecule has 6 nitrogen and oxygen atoms in total. The van der Waals surface area contributed by atoms with Crippen molar-refractivity contribution in [3.8, 4) is 0 Å². The Balaban J connectivity index is 1.74. The number of aliphatic hydroxyl groups excluding tert-OH is 2. The van der Waals surface area contributed by atoms with Gasteiger partial charge in [0.1, 0.15) is 5.60 Å². The van der Waals surface area contributed by atoms with Crippen LogP contribution in [0.3, 0.4) is 0 Å². The second-order valence-electron chi connectivity index (χ2n) is 7.81. The summed E-state index contributed by atoms with van der Waals surface area (Å²) in [6.45, 7) is 14.9. The molecule has 0 bridgehead atoms. The molecule has 0 spiro atoms. The van der Waals surface area contributed by atoms with Crippen LogP contribution in [0.2, 0.25) is 0 Å². The van der Waals surface area contributed by atoms with E-state index in [9.17, 15) is 10.2 Å². The predicted octanol–water partition coefficient (Wildman–Crippen LogP) is 1.90. The molecule has 2 rings (SSSR count). The highest BCUT2D eigenvalue weighted by Gasteiger charge is 2.21. The van der Waals surface area contributed by atoms with Gasteiger partial charge in [-0.3, -0.25) is 9.88 Å². The molecule has 0 unspecified atom stereocenters. The highest BCUT2D eigenvalue weighted by Crippen LogP contribution is 2.17. The summed E-state index contributed by atoms with van der Waals surface area (Å²) in [7, 11) is 0. The fraction of sp³-hybridized carbons (Fsp3) is 0.650. The molecule has 2 N–H and O–H groups in total. The van der Waals surface area contributed by atoms with Crippen LogP contribution < -0.4 is 0 Å². The van der Waals surface area contributed by atoms with Gasteiger partial charge in [0, 0.05) is 26.2 Å². The van der Waals surface area contributed by atoms with E-state index >= 15 is 0 Å². The Morgan fingerprint density at radius 3 is 2.19 bits per heavy atom. The minimum atomic E-state index is -0.209. The fourth-order valence-electron chi connectivity index (χ4n) is 3.17. The first-order valence-electron chi connectivity index (χ1n) is 9.36. The second kappa shape index (κ2) is 9.35. The molecular weight excluding hydrogens is 330 g/mol. The van der Waals surface area contributed by atoms with E-state index in [4.69, 9.17) is 4.74 Å². The summed E-state index contributed by atoms with van der Waals surface area (Å²) < 4.78 is 5.86. The summed E-state index contributed by atoms with van der Waals surface area (Å²) in [6.07, 6.45) is 1.96. The van der Waals surface area contributed by atoms with Crippen molar-refractivity contribution in [1.29, 1.82) is 0 Å². The highest BCUT2D eigenvalue weighted by atomic mass is 16.5. The number of hydrogen-bond donors (Lipinski definition) is 2. The molecule has 0 saturated carbocycles. The first kappa shape index (κ1) is 20.7. The standard InChI is InChI=1S/C20H33N3O3/c1-16(26-20(2,3)4)23-10-8-22(9-11-23)7-5-6-17-12-18(14-24)21-19(13-17)15-25/h12-13,24-25H,1,5-11,14-15H2,2-4H3. The van der Waals surface area contributed by atoms with E-state index in [0.717, 1.165) is 57.0 Å². The average Bonchev–Trinajstić information content (AvgIpc) is 2.60. The van der Waals surface area contributed by atoms with Crippen LogP contribution in [0.4, 0.5) is 0 Å². The number of ether oxygens (including phenoxy) is 1. The third kappa shape index (κ3) is 6.59. The molecule has 0 amide bonds. The van der Waals surface area contributed by atoms with Crippen molar-refractivity contribution in [2.24, 2.45) is 0 Å². The van der Waals surface area contributed by atoms with Gasteiger partial charge in [-0.15, -0.1) is 0 Å². The van der Waals surface area contributed by atoms with E-state index in [-0.39, 0.29) is 18.8 Å². The van der Waals surface area contributed by atoms with Gasteiger partial charge in [-0.2, -0.15) is 0 Å². The van der Waals surface area contributed by atoms with Crippen molar-refractivity contribution < 1.29 is 14.9 Å². The number of nitrogens with zero attached hydrogens (tertiary/aromatic N) is 3. The Labute approximate surface area is 157 Å². The van der Waals surface area contributed by atoms with E-state index in [1.807, 2.05) is 32.9 Å². The summed E-state index contributed by atoms with van der Waals surface area (Å²) in [5.74, 6) is 0.766. The monoisotopic (exact) mass is 363 g/mol. The van der Waals surface area contributed by atoms with Crippen molar-refractivity contribution >= 4 is 0 Å². The van der Waals surface area contributed by atoms with Gasteiger partial charge in [0.15, 0.2) is 5.88 Å². The molecule has 1 aromatic rings. The molecule has 1 aromatic heterocycles. The topological polar surface area (TPSA) is 69.1 Å². The quantitative estimate of drug-likeness (QED) is 0.688.